The molecule has 0 saturated carbocycles. The van der Waals surface area contributed by atoms with Gasteiger partial charge in [-0.05, 0) is 49.1 Å². The molecule has 0 spiro atoms. The van der Waals surface area contributed by atoms with Crippen molar-refractivity contribution in [3.05, 3.63) is 81.2 Å². The molecule has 0 saturated heterocycles. The van der Waals surface area contributed by atoms with Gasteiger partial charge in [0.25, 0.3) is 5.91 Å². The fourth-order valence-corrected chi connectivity index (χ4v) is 4.30. The van der Waals surface area contributed by atoms with Crippen LogP contribution in [-0.4, -0.2) is 11.6 Å². The molecule has 0 fully saturated rings. The molecule has 7 heteroatoms. The van der Waals surface area contributed by atoms with Crippen LogP contribution in [-0.2, 0) is 6.42 Å². The normalized spacial score (nSPS) is 16.1. The van der Waals surface area contributed by atoms with Crippen LogP contribution in [0, 0.1) is 12.3 Å². The minimum absolute atomic E-state index is 0.0400. The van der Waals surface area contributed by atoms with Gasteiger partial charge >= 0.3 is 0 Å². The highest BCUT2D eigenvalue weighted by Crippen LogP contribution is 2.39. The highest BCUT2D eigenvalue weighted by Gasteiger charge is 2.36. The number of halogens is 2. The third-order valence-electron chi connectivity index (χ3n) is 5.27. The number of carbonyl (C=O) groups is 1. The summed E-state index contributed by atoms with van der Waals surface area (Å²) in [5.41, 5.74) is 7.00. The lowest BCUT2D eigenvalue weighted by Crippen LogP contribution is -2.27. The number of nitrogens with zero attached hydrogens (tertiary/aromatic N) is 1. The Morgan fingerprint density at radius 1 is 1.10 bits per heavy atom. The van der Waals surface area contributed by atoms with Gasteiger partial charge in [0, 0.05) is 22.6 Å². The molecular weight excluding hydrogens is 433 g/mol. The number of carbonyl (C=O) groups excluding carboxylic acids is 1. The highest BCUT2D eigenvalue weighted by atomic mass is 35.5. The predicted molar refractivity (Wildman–Crippen MR) is 127 cm³/mol. The summed E-state index contributed by atoms with van der Waals surface area (Å²) in [5, 5.41) is 8.36. The van der Waals surface area contributed by atoms with Crippen LogP contribution in [0.2, 0.25) is 10.0 Å². The highest BCUT2D eigenvalue weighted by molar-refractivity contribution is 6.36. The lowest BCUT2D eigenvalue weighted by molar-refractivity contribution is 0.0993. The molecule has 0 atom stereocenters. The zero-order chi connectivity index (χ0) is 22.2. The average Bonchev–Trinajstić information content (AvgIpc) is 3.04. The van der Waals surface area contributed by atoms with E-state index < -0.39 is 0 Å². The van der Waals surface area contributed by atoms with E-state index in [9.17, 15) is 4.79 Å². The molecule has 1 amide bonds. The number of hydrogen-bond donors (Lipinski definition) is 2. The second-order valence-corrected chi connectivity index (χ2v) is 9.33. The first-order valence-corrected chi connectivity index (χ1v) is 10.8. The summed E-state index contributed by atoms with van der Waals surface area (Å²) in [6, 6.07) is 14.7. The molecule has 2 N–H and O–H groups in total. The van der Waals surface area contributed by atoms with E-state index in [1.807, 2.05) is 37.3 Å². The van der Waals surface area contributed by atoms with Crippen LogP contribution >= 0.6 is 23.2 Å². The van der Waals surface area contributed by atoms with Crippen molar-refractivity contribution in [2.24, 2.45) is 10.5 Å². The maximum Gasteiger partial charge on any atom is 0.291 e. The summed E-state index contributed by atoms with van der Waals surface area (Å²) in [6.07, 6.45) is 1.49. The topological polar surface area (TPSA) is 66.6 Å². The summed E-state index contributed by atoms with van der Waals surface area (Å²) < 4.78 is 6.06. The molecule has 4 rings (SSSR count). The summed E-state index contributed by atoms with van der Waals surface area (Å²) in [7, 11) is 0. The zero-order valence-corrected chi connectivity index (χ0v) is 19.1. The van der Waals surface area contributed by atoms with Crippen LogP contribution in [0.3, 0.4) is 0 Å². The van der Waals surface area contributed by atoms with Gasteiger partial charge in [-0.1, -0.05) is 55.2 Å². The maximum atomic E-state index is 13.0. The Bertz CT molecular complexity index is 1170. The first kappa shape index (κ1) is 21.5. The number of fused-ring (bicyclic) bond motifs is 1. The van der Waals surface area contributed by atoms with Gasteiger partial charge in [0.05, 0.1) is 22.1 Å². The van der Waals surface area contributed by atoms with Gasteiger partial charge in [-0.2, -0.15) is 5.10 Å². The van der Waals surface area contributed by atoms with E-state index in [1.54, 1.807) is 18.2 Å². The Kier molecular flexibility index (Phi) is 5.82. The summed E-state index contributed by atoms with van der Waals surface area (Å²) in [4.78, 5) is 13.0. The Balaban J connectivity index is 1.67. The lowest BCUT2D eigenvalue weighted by Gasteiger charge is -2.29. The van der Waals surface area contributed by atoms with Gasteiger partial charge in [-0.15, -0.1) is 0 Å². The summed E-state index contributed by atoms with van der Waals surface area (Å²) in [5.74, 6) is 0.681. The van der Waals surface area contributed by atoms with Crippen molar-refractivity contribution in [1.82, 2.24) is 0 Å². The van der Waals surface area contributed by atoms with Crippen LogP contribution in [0.25, 0.3) is 0 Å². The number of anilines is 2. The largest absolute Gasteiger partial charge is 0.455 e. The predicted octanol–water partition coefficient (Wildman–Crippen LogP) is 6.94. The fraction of sp³-hybridized carbons (Fsp3) is 0.250. The molecule has 0 aliphatic heterocycles. The standard InChI is InChI=1S/C24H23Cl2N3O2/c1-14-21-19(29-28-16-7-5-4-6-8-16)12-24(2,3)13-20(21)31-22(14)23(30)27-18-10-9-15(25)11-17(18)26/h4-11,28H,12-13H2,1-3H3,(H,27,30)/b29-19-. The quantitative estimate of drug-likeness (QED) is 0.418. The monoisotopic (exact) mass is 455 g/mol. The number of rotatable bonds is 4. The van der Waals surface area contributed by atoms with Gasteiger partial charge < -0.3 is 9.73 Å². The Morgan fingerprint density at radius 2 is 1.84 bits per heavy atom. The van der Waals surface area contributed by atoms with Crippen molar-refractivity contribution in [3.8, 4) is 0 Å². The van der Waals surface area contributed by atoms with Crippen molar-refractivity contribution in [3.63, 3.8) is 0 Å². The number of hydrogen-bond acceptors (Lipinski definition) is 4. The molecule has 2 aromatic carbocycles. The minimum atomic E-state index is -0.357. The fourth-order valence-electron chi connectivity index (χ4n) is 3.84. The molecule has 160 valence electrons. The number of para-hydroxylation sites is 1. The van der Waals surface area contributed by atoms with Crippen LogP contribution in [0.15, 0.2) is 58.0 Å². The lowest BCUT2D eigenvalue weighted by atomic mass is 9.75. The van der Waals surface area contributed by atoms with E-state index in [0.29, 0.717) is 15.7 Å². The number of amides is 1. The molecule has 0 radical (unpaired) electrons. The molecular formula is C24H23Cl2N3O2. The smallest absolute Gasteiger partial charge is 0.291 e. The first-order chi connectivity index (χ1) is 14.7. The second kappa shape index (κ2) is 8.40. The van der Waals surface area contributed by atoms with E-state index in [1.165, 1.54) is 0 Å². The number of nitrogens with one attached hydrogen (secondary N) is 2. The molecule has 1 heterocycles. The molecule has 0 bridgehead atoms. The minimum Gasteiger partial charge on any atom is -0.455 e. The van der Waals surface area contributed by atoms with Gasteiger partial charge in [-0.25, -0.2) is 0 Å². The van der Waals surface area contributed by atoms with Crippen LogP contribution in [0.1, 0.15) is 47.7 Å². The van der Waals surface area contributed by atoms with E-state index in [2.05, 4.69) is 29.7 Å². The third-order valence-corrected chi connectivity index (χ3v) is 5.82. The molecule has 5 nitrogen and oxygen atoms in total. The zero-order valence-electron chi connectivity index (χ0n) is 17.6. The van der Waals surface area contributed by atoms with Gasteiger partial charge in [0.2, 0.25) is 0 Å². The number of hydrazone groups is 1. The van der Waals surface area contributed by atoms with Gasteiger partial charge in [0.15, 0.2) is 5.76 Å². The Hall–Kier alpha value is -2.76. The van der Waals surface area contributed by atoms with Crippen LogP contribution < -0.4 is 10.7 Å². The second-order valence-electron chi connectivity index (χ2n) is 8.49. The summed E-state index contributed by atoms with van der Waals surface area (Å²) in [6.45, 7) is 6.22. The first-order valence-electron chi connectivity index (χ1n) is 10.0. The molecule has 1 aromatic heterocycles. The SMILES string of the molecule is Cc1c(C(=O)Nc2ccc(Cl)cc2Cl)oc2c1/C(=N\Nc1ccccc1)CC(C)(C)C2. The van der Waals surface area contributed by atoms with Gasteiger partial charge in [0.1, 0.15) is 5.76 Å². The van der Waals surface area contributed by atoms with Crippen molar-refractivity contribution in [1.29, 1.82) is 0 Å². The van der Waals surface area contributed by atoms with Crippen molar-refractivity contribution in [2.75, 3.05) is 10.7 Å². The maximum absolute atomic E-state index is 13.0. The number of benzene rings is 2. The Labute approximate surface area is 191 Å². The van der Waals surface area contributed by atoms with Gasteiger partial charge in [-0.3, -0.25) is 10.2 Å². The number of furan rings is 1. The van der Waals surface area contributed by atoms with Crippen molar-refractivity contribution < 1.29 is 9.21 Å². The molecule has 1 aliphatic rings. The van der Waals surface area contributed by atoms with E-state index in [-0.39, 0.29) is 17.1 Å². The Morgan fingerprint density at radius 3 is 2.55 bits per heavy atom. The van der Waals surface area contributed by atoms with E-state index >= 15 is 0 Å². The average molecular weight is 456 g/mol. The van der Waals surface area contributed by atoms with Crippen LogP contribution in [0.5, 0.6) is 0 Å². The summed E-state index contributed by atoms with van der Waals surface area (Å²) >= 11 is 12.2. The van der Waals surface area contributed by atoms with Crippen molar-refractivity contribution >= 4 is 46.2 Å². The third kappa shape index (κ3) is 4.63. The molecule has 1 aliphatic carbocycles. The van der Waals surface area contributed by atoms with E-state index in [4.69, 9.17) is 27.6 Å². The molecule has 0 unspecified atom stereocenters. The van der Waals surface area contributed by atoms with Crippen molar-refractivity contribution in [2.45, 2.75) is 33.6 Å². The van der Waals surface area contributed by atoms with Crippen LogP contribution in [0.4, 0.5) is 11.4 Å². The molecule has 31 heavy (non-hydrogen) atoms. The van der Waals surface area contributed by atoms with E-state index in [0.717, 1.165) is 41.1 Å². The molecule has 3 aromatic rings.